The zero-order valence-electron chi connectivity index (χ0n) is 20.9. The van der Waals surface area contributed by atoms with Gasteiger partial charge in [0.05, 0.1) is 23.2 Å². The molecular formula is C24H37F2N5O5. The van der Waals surface area contributed by atoms with E-state index in [4.69, 9.17) is 31.0 Å². The van der Waals surface area contributed by atoms with Gasteiger partial charge in [-0.15, -0.1) is 0 Å². The maximum absolute atomic E-state index is 13.8. The fourth-order valence-corrected chi connectivity index (χ4v) is 4.13. The number of hydrazine groups is 1. The summed E-state index contributed by atoms with van der Waals surface area (Å²) in [4.78, 5) is 26.3. The zero-order chi connectivity index (χ0) is 26.7. The summed E-state index contributed by atoms with van der Waals surface area (Å²) in [6, 6.07) is 2.99. The number of pyridine rings is 1. The van der Waals surface area contributed by atoms with Crippen molar-refractivity contribution in [3.8, 4) is 5.75 Å². The third kappa shape index (κ3) is 8.51. The number of hydrogen-bond donors (Lipinski definition) is 3. The molecule has 2 fully saturated rings. The Morgan fingerprint density at radius 2 is 1.83 bits per heavy atom. The van der Waals surface area contributed by atoms with Gasteiger partial charge in [0.25, 0.3) is 12.9 Å². The lowest BCUT2D eigenvalue weighted by Gasteiger charge is -2.30. The first-order chi connectivity index (χ1) is 17.2. The van der Waals surface area contributed by atoms with Gasteiger partial charge < -0.3 is 30.2 Å². The summed E-state index contributed by atoms with van der Waals surface area (Å²) in [7, 11) is 3.21. The van der Waals surface area contributed by atoms with Crippen LogP contribution < -0.4 is 16.3 Å². The first kappa shape index (κ1) is 29.1. The number of nitrogens with two attached hydrogens (primary N) is 2. The van der Waals surface area contributed by atoms with Crippen molar-refractivity contribution in [2.45, 2.75) is 63.9 Å². The number of aromatic nitrogens is 1. The summed E-state index contributed by atoms with van der Waals surface area (Å²) in [5.41, 5.74) is 6.19. The molecule has 0 saturated heterocycles. The molecule has 1 amide bonds. The molecule has 0 spiro atoms. The largest absolute Gasteiger partial charge is 0.488 e. The minimum atomic E-state index is -2.83. The number of alkyl halides is 2. The van der Waals surface area contributed by atoms with E-state index in [2.05, 4.69) is 4.98 Å². The molecule has 1 aromatic rings. The summed E-state index contributed by atoms with van der Waals surface area (Å²) >= 11 is 0. The Bertz CT molecular complexity index is 890. The molecule has 36 heavy (non-hydrogen) atoms. The lowest BCUT2D eigenvalue weighted by molar-refractivity contribution is -0.122. The van der Waals surface area contributed by atoms with Crippen molar-refractivity contribution in [1.29, 1.82) is 0 Å². The smallest absolute Gasteiger partial charge is 0.409 e. The molecule has 0 radical (unpaired) electrons. The standard InChI is InChI=1S/C23H35F2N5O3.CH2O2/c1-29(13-15-7-6-8-15)23(31)32-14-18(30(2)27)20(26)17-11-12-19(21(28-17)22(24)25)33-16-9-4-3-5-10-16;2-1-3/h11-12,15-16,22H,3-10,13-14,26-27H2,1-2H3;1H,(H,2,3)/b20-18-;. The van der Waals surface area contributed by atoms with Crippen molar-refractivity contribution < 1.29 is 33.0 Å². The number of carboxylic acid groups (broad SMARTS) is 1. The van der Waals surface area contributed by atoms with E-state index in [-0.39, 0.29) is 42.0 Å². The Balaban J connectivity index is 0.00000145. The predicted molar refractivity (Wildman–Crippen MR) is 130 cm³/mol. The van der Waals surface area contributed by atoms with E-state index in [1.165, 1.54) is 35.5 Å². The lowest BCUT2D eigenvalue weighted by atomic mass is 9.85. The van der Waals surface area contributed by atoms with Gasteiger partial charge >= 0.3 is 6.09 Å². The van der Waals surface area contributed by atoms with Crippen LogP contribution in [0.4, 0.5) is 13.6 Å². The second kappa shape index (κ2) is 14.4. The highest BCUT2D eigenvalue weighted by atomic mass is 19.3. The van der Waals surface area contributed by atoms with Crippen LogP contribution >= 0.6 is 0 Å². The Kier molecular flexibility index (Phi) is 11.6. The van der Waals surface area contributed by atoms with Crippen molar-refractivity contribution in [3.05, 3.63) is 29.2 Å². The van der Waals surface area contributed by atoms with E-state index in [0.717, 1.165) is 44.9 Å². The molecule has 3 rings (SSSR count). The molecule has 2 aliphatic carbocycles. The Hall–Kier alpha value is -3.15. The maximum Gasteiger partial charge on any atom is 0.409 e. The number of rotatable bonds is 9. The molecule has 202 valence electrons. The molecule has 0 atom stereocenters. The van der Waals surface area contributed by atoms with Crippen molar-refractivity contribution in [1.82, 2.24) is 14.9 Å². The molecule has 12 heteroatoms. The number of amides is 1. The number of carbonyl (C=O) groups is 2. The molecule has 0 unspecified atom stereocenters. The van der Waals surface area contributed by atoms with E-state index in [9.17, 15) is 13.6 Å². The van der Waals surface area contributed by atoms with Crippen LogP contribution in [0.5, 0.6) is 5.75 Å². The van der Waals surface area contributed by atoms with E-state index >= 15 is 0 Å². The van der Waals surface area contributed by atoms with Crippen LogP contribution in [0.25, 0.3) is 5.70 Å². The summed E-state index contributed by atoms with van der Waals surface area (Å²) in [6.45, 7) is 0.173. The number of nitrogens with zero attached hydrogens (tertiary/aromatic N) is 3. The molecule has 2 saturated carbocycles. The molecule has 5 N–H and O–H groups in total. The molecule has 1 aromatic heterocycles. The third-order valence-electron chi connectivity index (χ3n) is 6.35. The monoisotopic (exact) mass is 513 g/mol. The fraction of sp³-hybridized carbons (Fsp3) is 0.625. The molecule has 1 heterocycles. The lowest BCUT2D eigenvalue weighted by Crippen LogP contribution is -2.37. The van der Waals surface area contributed by atoms with Crippen LogP contribution in [-0.4, -0.2) is 65.9 Å². The number of halogens is 2. The highest BCUT2D eigenvalue weighted by Gasteiger charge is 2.25. The third-order valence-corrected chi connectivity index (χ3v) is 6.35. The Morgan fingerprint density at radius 1 is 1.19 bits per heavy atom. The van der Waals surface area contributed by atoms with Gasteiger partial charge in [-0.1, -0.05) is 12.8 Å². The summed E-state index contributed by atoms with van der Waals surface area (Å²) < 4.78 is 38.7. The van der Waals surface area contributed by atoms with Crippen molar-refractivity contribution in [2.75, 3.05) is 27.2 Å². The predicted octanol–water partition coefficient (Wildman–Crippen LogP) is 3.73. The van der Waals surface area contributed by atoms with Gasteiger partial charge in [-0.2, -0.15) is 0 Å². The maximum atomic E-state index is 13.8. The van der Waals surface area contributed by atoms with Crippen LogP contribution in [0.2, 0.25) is 0 Å². The molecule has 2 aliphatic rings. The van der Waals surface area contributed by atoms with Gasteiger partial charge in [0.2, 0.25) is 0 Å². The van der Waals surface area contributed by atoms with E-state index in [1.807, 2.05) is 0 Å². The number of likely N-dealkylation sites (N-methyl/N-ethyl adjacent to an activating group) is 1. The topological polar surface area (TPSA) is 144 Å². The van der Waals surface area contributed by atoms with Crippen molar-refractivity contribution >= 4 is 18.3 Å². The number of hydrogen-bond acceptors (Lipinski definition) is 8. The quantitative estimate of drug-likeness (QED) is 0.255. The van der Waals surface area contributed by atoms with Crippen LogP contribution in [-0.2, 0) is 9.53 Å². The molecule has 10 nitrogen and oxygen atoms in total. The SMILES string of the molecule is CN(CC1CCC1)C(=O)OC/C(=C(/N)c1ccc(OC2CCCCC2)c(C(F)F)n1)N(C)N.O=CO. The molecular weight excluding hydrogens is 476 g/mol. The van der Waals surface area contributed by atoms with Crippen LogP contribution in [0.15, 0.2) is 17.8 Å². The Morgan fingerprint density at radius 3 is 2.36 bits per heavy atom. The van der Waals surface area contributed by atoms with Gasteiger partial charge in [0.1, 0.15) is 18.1 Å². The average Bonchev–Trinajstić information content (AvgIpc) is 2.82. The van der Waals surface area contributed by atoms with Gasteiger partial charge in [-0.05, 0) is 56.6 Å². The second-order valence-corrected chi connectivity index (χ2v) is 9.07. The Labute approximate surface area is 210 Å². The second-order valence-electron chi connectivity index (χ2n) is 9.07. The van der Waals surface area contributed by atoms with Crippen molar-refractivity contribution in [3.63, 3.8) is 0 Å². The molecule has 0 aromatic carbocycles. The van der Waals surface area contributed by atoms with E-state index < -0.39 is 18.2 Å². The first-order valence-corrected chi connectivity index (χ1v) is 12.1. The number of ether oxygens (including phenoxy) is 2. The minimum Gasteiger partial charge on any atom is -0.488 e. The molecule has 0 aliphatic heterocycles. The normalized spacial score (nSPS) is 16.7. The van der Waals surface area contributed by atoms with E-state index in [1.54, 1.807) is 7.05 Å². The fourth-order valence-electron chi connectivity index (χ4n) is 4.13. The highest BCUT2D eigenvalue weighted by molar-refractivity contribution is 5.68. The first-order valence-electron chi connectivity index (χ1n) is 12.1. The average molecular weight is 514 g/mol. The highest BCUT2D eigenvalue weighted by Crippen LogP contribution is 2.32. The van der Waals surface area contributed by atoms with Gasteiger partial charge in [-0.25, -0.2) is 24.4 Å². The van der Waals surface area contributed by atoms with Gasteiger partial charge in [-0.3, -0.25) is 4.79 Å². The molecule has 0 bridgehead atoms. The zero-order valence-corrected chi connectivity index (χ0v) is 20.9. The minimum absolute atomic E-state index is 0.0561. The van der Waals surface area contributed by atoms with Crippen LogP contribution in [0.3, 0.4) is 0 Å². The van der Waals surface area contributed by atoms with Crippen LogP contribution in [0.1, 0.15) is 69.2 Å². The number of carbonyl (C=O) groups excluding carboxylic acids is 1. The summed E-state index contributed by atoms with van der Waals surface area (Å²) in [5.74, 6) is 6.47. The van der Waals surface area contributed by atoms with E-state index in [0.29, 0.717) is 12.5 Å². The van der Waals surface area contributed by atoms with Crippen LogP contribution in [0, 0.1) is 5.92 Å². The van der Waals surface area contributed by atoms with Gasteiger partial charge in [0, 0.05) is 20.6 Å². The van der Waals surface area contributed by atoms with Crippen molar-refractivity contribution in [2.24, 2.45) is 17.5 Å². The van der Waals surface area contributed by atoms with Gasteiger partial charge in [0.15, 0.2) is 0 Å². The summed E-state index contributed by atoms with van der Waals surface area (Å²) in [6.07, 6.45) is 4.87. The summed E-state index contributed by atoms with van der Waals surface area (Å²) in [5, 5.41) is 8.09.